The maximum atomic E-state index is 11.6. The molecule has 1 aliphatic heterocycles. The third-order valence-corrected chi connectivity index (χ3v) is 3.13. The number of nitrogens with one attached hydrogen (secondary N) is 1. The Morgan fingerprint density at radius 1 is 1.32 bits per heavy atom. The van der Waals surface area contributed by atoms with E-state index < -0.39 is 6.09 Å². The van der Waals surface area contributed by atoms with Crippen LogP contribution in [0.25, 0.3) is 0 Å². The lowest BCUT2D eigenvalue weighted by molar-refractivity contribution is 0.150. The van der Waals surface area contributed by atoms with Crippen molar-refractivity contribution in [2.75, 3.05) is 25.0 Å². The van der Waals surface area contributed by atoms with Crippen LogP contribution in [0.15, 0.2) is 30.3 Å². The molecule has 0 saturated carbocycles. The van der Waals surface area contributed by atoms with Gasteiger partial charge in [0, 0.05) is 5.69 Å². The molecule has 0 spiro atoms. The minimum Gasteiger partial charge on any atom is -0.446 e. The van der Waals surface area contributed by atoms with Gasteiger partial charge in [-0.15, -0.1) is 0 Å². The van der Waals surface area contributed by atoms with E-state index in [4.69, 9.17) is 9.47 Å². The van der Waals surface area contributed by atoms with Crippen LogP contribution in [0.5, 0.6) is 0 Å². The zero-order chi connectivity index (χ0) is 13.7. The quantitative estimate of drug-likeness (QED) is 0.801. The highest BCUT2D eigenvalue weighted by atomic mass is 16.6. The number of rotatable bonds is 6. The van der Waals surface area contributed by atoms with E-state index in [1.54, 1.807) is 0 Å². The highest BCUT2D eigenvalue weighted by Gasteiger charge is 2.43. The van der Waals surface area contributed by atoms with E-state index in [9.17, 15) is 4.79 Å². The van der Waals surface area contributed by atoms with E-state index in [2.05, 4.69) is 24.1 Å². The Morgan fingerprint density at radius 3 is 2.63 bits per heavy atom. The van der Waals surface area contributed by atoms with Gasteiger partial charge in [0.2, 0.25) is 0 Å². The highest BCUT2D eigenvalue weighted by molar-refractivity contribution is 5.84. The molecule has 2 atom stereocenters. The van der Waals surface area contributed by atoms with Crippen molar-refractivity contribution in [1.29, 1.82) is 0 Å². The van der Waals surface area contributed by atoms with Crippen LogP contribution < -0.4 is 5.32 Å². The Hall–Kier alpha value is -1.59. The average Bonchev–Trinajstić information content (AvgIpc) is 3.19. The number of hydrogen-bond donors (Lipinski definition) is 1. The number of likely N-dealkylation sites (N-methyl/N-ethyl adjacent to an activating group) is 1. The summed E-state index contributed by atoms with van der Waals surface area (Å²) in [6.07, 6.45) is -0.346. The molecule has 2 rings (SSSR count). The van der Waals surface area contributed by atoms with Crippen molar-refractivity contribution in [3.63, 3.8) is 0 Å². The highest BCUT2D eigenvalue weighted by Crippen LogP contribution is 2.25. The molecular weight excluding hydrogens is 244 g/mol. The molecule has 1 aliphatic rings. The van der Waals surface area contributed by atoms with Crippen LogP contribution in [0, 0.1) is 0 Å². The number of carbonyl (C=O) groups is 1. The lowest BCUT2D eigenvalue weighted by atomic mass is 10.3. The smallest absolute Gasteiger partial charge is 0.411 e. The molecule has 1 fully saturated rings. The number of nitrogens with zero attached hydrogens (tertiary/aromatic N) is 1. The molecule has 5 heteroatoms. The lowest BCUT2D eigenvalue weighted by Gasteiger charge is -2.14. The normalized spacial score (nSPS) is 21.2. The number of ether oxygens (including phenoxy) is 2. The molecule has 0 aliphatic carbocycles. The summed E-state index contributed by atoms with van der Waals surface area (Å²) in [7, 11) is 0. The van der Waals surface area contributed by atoms with E-state index in [1.165, 1.54) is 0 Å². The Bertz CT molecular complexity index is 406. The molecule has 1 saturated heterocycles. The van der Waals surface area contributed by atoms with Crippen LogP contribution in [0.4, 0.5) is 10.5 Å². The third-order valence-electron chi connectivity index (χ3n) is 3.13. The van der Waals surface area contributed by atoms with E-state index in [0.717, 1.165) is 18.8 Å². The summed E-state index contributed by atoms with van der Waals surface area (Å²) in [4.78, 5) is 13.8. The van der Waals surface area contributed by atoms with Gasteiger partial charge in [0.25, 0.3) is 0 Å². The van der Waals surface area contributed by atoms with E-state index in [0.29, 0.717) is 6.61 Å². The first kappa shape index (κ1) is 13.8. The molecule has 104 valence electrons. The van der Waals surface area contributed by atoms with Gasteiger partial charge in [-0.1, -0.05) is 32.0 Å². The Balaban J connectivity index is 1.68. The van der Waals surface area contributed by atoms with Crippen LogP contribution >= 0.6 is 0 Å². The first-order valence-electron chi connectivity index (χ1n) is 6.63. The van der Waals surface area contributed by atoms with Crippen LogP contribution in [0.2, 0.25) is 0 Å². The Morgan fingerprint density at radius 2 is 2.00 bits per heavy atom. The summed E-state index contributed by atoms with van der Waals surface area (Å²) < 4.78 is 10.6. The van der Waals surface area contributed by atoms with Gasteiger partial charge in [-0.25, -0.2) is 4.79 Å². The summed E-state index contributed by atoms with van der Waals surface area (Å²) in [6.45, 7) is 6.35. The van der Waals surface area contributed by atoms with E-state index in [-0.39, 0.29) is 12.3 Å². The predicted octanol–water partition coefficient (Wildman–Crippen LogP) is 2.30. The molecule has 0 aromatic heterocycles. The van der Waals surface area contributed by atoms with Crippen LogP contribution in [0.1, 0.15) is 13.8 Å². The topological polar surface area (TPSA) is 54.1 Å². The molecule has 0 radical (unpaired) electrons. The van der Waals surface area contributed by atoms with Crippen LogP contribution in [0.3, 0.4) is 0 Å². The minimum atomic E-state index is -0.444. The molecule has 1 aromatic rings. The second-order valence-corrected chi connectivity index (χ2v) is 4.38. The fourth-order valence-electron chi connectivity index (χ4n) is 1.99. The number of carbonyl (C=O) groups excluding carboxylic acids is 1. The van der Waals surface area contributed by atoms with Gasteiger partial charge >= 0.3 is 6.09 Å². The van der Waals surface area contributed by atoms with Gasteiger partial charge in [0.15, 0.2) is 0 Å². The first-order chi connectivity index (χ1) is 9.24. The molecule has 2 unspecified atom stereocenters. The fourth-order valence-corrected chi connectivity index (χ4v) is 1.99. The van der Waals surface area contributed by atoms with Crippen molar-refractivity contribution in [2.45, 2.75) is 26.2 Å². The van der Waals surface area contributed by atoms with Gasteiger partial charge in [-0.3, -0.25) is 10.2 Å². The second kappa shape index (κ2) is 6.54. The van der Waals surface area contributed by atoms with Gasteiger partial charge in [-0.2, -0.15) is 0 Å². The van der Waals surface area contributed by atoms with Gasteiger partial charge < -0.3 is 9.47 Å². The summed E-state index contributed by atoms with van der Waals surface area (Å²) in [5, 5.41) is 2.67. The zero-order valence-corrected chi connectivity index (χ0v) is 11.3. The van der Waals surface area contributed by atoms with Crippen molar-refractivity contribution >= 4 is 11.8 Å². The first-order valence-corrected chi connectivity index (χ1v) is 6.63. The predicted molar refractivity (Wildman–Crippen MR) is 73.0 cm³/mol. The van der Waals surface area contributed by atoms with E-state index in [1.807, 2.05) is 30.3 Å². The number of hydrogen-bond acceptors (Lipinski definition) is 4. The number of anilines is 1. The number of para-hydroxylation sites is 1. The van der Waals surface area contributed by atoms with Gasteiger partial charge in [0.1, 0.15) is 18.9 Å². The number of benzene rings is 1. The second-order valence-electron chi connectivity index (χ2n) is 4.38. The summed E-state index contributed by atoms with van der Waals surface area (Å²) in [6, 6.07) is 9.23. The SMILES string of the molecule is CCN(CC)C1OC1COC(=O)Nc1ccccc1. The Kier molecular flexibility index (Phi) is 4.76. The van der Waals surface area contributed by atoms with Crippen molar-refractivity contribution in [1.82, 2.24) is 4.90 Å². The third kappa shape index (κ3) is 3.94. The zero-order valence-electron chi connectivity index (χ0n) is 11.3. The Labute approximate surface area is 113 Å². The number of epoxide rings is 1. The molecule has 0 bridgehead atoms. The minimum absolute atomic E-state index is 0.00132. The van der Waals surface area contributed by atoms with Gasteiger partial charge in [-0.05, 0) is 25.2 Å². The number of amides is 1. The average molecular weight is 264 g/mol. The van der Waals surface area contributed by atoms with Crippen LogP contribution in [-0.4, -0.2) is 43.0 Å². The van der Waals surface area contributed by atoms with Crippen molar-refractivity contribution < 1.29 is 14.3 Å². The fraction of sp³-hybridized carbons (Fsp3) is 0.500. The molecule has 1 amide bonds. The molecule has 19 heavy (non-hydrogen) atoms. The molecule has 1 heterocycles. The monoisotopic (exact) mass is 264 g/mol. The molecule has 1 N–H and O–H groups in total. The molecule has 1 aromatic carbocycles. The molecular formula is C14H20N2O3. The maximum absolute atomic E-state index is 11.6. The molecule has 5 nitrogen and oxygen atoms in total. The van der Waals surface area contributed by atoms with Crippen molar-refractivity contribution in [2.24, 2.45) is 0 Å². The van der Waals surface area contributed by atoms with Crippen molar-refractivity contribution in [3.05, 3.63) is 30.3 Å². The van der Waals surface area contributed by atoms with Crippen LogP contribution in [-0.2, 0) is 9.47 Å². The maximum Gasteiger partial charge on any atom is 0.411 e. The summed E-state index contributed by atoms with van der Waals surface area (Å²) in [5.41, 5.74) is 0.726. The lowest BCUT2D eigenvalue weighted by Crippen LogP contribution is -2.29. The summed E-state index contributed by atoms with van der Waals surface area (Å²) >= 11 is 0. The van der Waals surface area contributed by atoms with Gasteiger partial charge in [0.05, 0.1) is 0 Å². The van der Waals surface area contributed by atoms with E-state index >= 15 is 0 Å². The standard InChI is InChI=1S/C14H20N2O3/c1-3-16(4-2)13-12(19-13)10-18-14(17)15-11-8-6-5-7-9-11/h5-9,12-13H,3-4,10H2,1-2H3,(H,15,17). The van der Waals surface area contributed by atoms with Crippen molar-refractivity contribution in [3.8, 4) is 0 Å². The largest absolute Gasteiger partial charge is 0.446 e. The summed E-state index contributed by atoms with van der Waals surface area (Å²) in [5.74, 6) is 0.